The third kappa shape index (κ3) is 13.3. The number of benzene rings is 1. The molecule has 166 valence electrons. The summed E-state index contributed by atoms with van der Waals surface area (Å²) in [4.78, 5) is 13.0. The Hall–Kier alpha value is -1.55. The lowest BCUT2D eigenvalue weighted by Crippen LogP contribution is -2.31. The van der Waals surface area contributed by atoms with Crippen molar-refractivity contribution < 1.29 is 33.2 Å². The van der Waals surface area contributed by atoms with Crippen LogP contribution in [0.1, 0.15) is 10.4 Å². The highest BCUT2D eigenvalue weighted by molar-refractivity contribution is 5.75. The van der Waals surface area contributed by atoms with Crippen molar-refractivity contribution in [2.24, 2.45) is 0 Å². The second kappa shape index (κ2) is 18.5. The average molecular weight is 414 g/mol. The molecule has 0 N–H and O–H groups in total. The number of carbonyl (C=O) groups excluding carboxylic acids is 1. The van der Waals surface area contributed by atoms with Gasteiger partial charge in [0.05, 0.1) is 66.1 Å². The molecule has 0 bridgehead atoms. The first-order valence-electron chi connectivity index (χ1n) is 9.91. The summed E-state index contributed by atoms with van der Waals surface area (Å²) in [6.45, 7) is 7.05. The monoisotopic (exact) mass is 413 g/mol. The minimum Gasteiger partial charge on any atom is -0.382 e. The molecule has 0 aliphatic rings. The van der Waals surface area contributed by atoms with Crippen LogP contribution in [0.15, 0.2) is 24.3 Å². The molecule has 1 rings (SSSR count). The third-order valence-corrected chi connectivity index (χ3v) is 4.01. The van der Waals surface area contributed by atoms with Gasteiger partial charge in [-0.05, 0) is 24.3 Å². The number of methoxy groups -OCH3 is 2. The van der Waals surface area contributed by atoms with Crippen LogP contribution in [0.25, 0.3) is 0 Å². The highest BCUT2D eigenvalue weighted by Crippen LogP contribution is 2.14. The smallest absolute Gasteiger partial charge is 0.150 e. The van der Waals surface area contributed by atoms with Crippen molar-refractivity contribution in [2.45, 2.75) is 0 Å². The molecule has 29 heavy (non-hydrogen) atoms. The van der Waals surface area contributed by atoms with E-state index in [4.69, 9.17) is 28.4 Å². The molecular weight excluding hydrogens is 378 g/mol. The van der Waals surface area contributed by atoms with Gasteiger partial charge in [0.15, 0.2) is 0 Å². The van der Waals surface area contributed by atoms with Gasteiger partial charge in [0.1, 0.15) is 6.29 Å². The van der Waals surface area contributed by atoms with Crippen LogP contribution in [0.5, 0.6) is 0 Å². The second-order valence-corrected chi connectivity index (χ2v) is 6.13. The lowest BCUT2D eigenvalue weighted by molar-refractivity contribution is 0.0235. The van der Waals surface area contributed by atoms with Crippen molar-refractivity contribution >= 4 is 12.0 Å². The first-order chi connectivity index (χ1) is 14.3. The fraction of sp³-hybridized carbons (Fsp3) is 0.667. The molecule has 0 amide bonds. The average Bonchev–Trinajstić information content (AvgIpc) is 2.76. The largest absolute Gasteiger partial charge is 0.382 e. The molecule has 8 nitrogen and oxygen atoms in total. The van der Waals surface area contributed by atoms with Crippen LogP contribution in [-0.2, 0) is 28.4 Å². The predicted molar refractivity (Wildman–Crippen MR) is 111 cm³/mol. The van der Waals surface area contributed by atoms with Crippen molar-refractivity contribution in [3.8, 4) is 0 Å². The fourth-order valence-corrected chi connectivity index (χ4v) is 2.41. The maximum absolute atomic E-state index is 10.9. The van der Waals surface area contributed by atoms with Gasteiger partial charge in [-0.25, -0.2) is 0 Å². The second-order valence-electron chi connectivity index (χ2n) is 6.13. The van der Waals surface area contributed by atoms with Gasteiger partial charge in [0, 0.05) is 38.6 Å². The number of hydrogen-bond acceptors (Lipinski definition) is 8. The number of aldehydes is 1. The van der Waals surface area contributed by atoms with E-state index < -0.39 is 0 Å². The normalized spacial score (nSPS) is 11.0. The molecule has 0 aliphatic heterocycles. The first kappa shape index (κ1) is 25.5. The van der Waals surface area contributed by atoms with Crippen LogP contribution in [0.2, 0.25) is 0 Å². The molecular formula is C21H35NO7. The van der Waals surface area contributed by atoms with E-state index in [0.717, 1.165) is 12.0 Å². The molecule has 0 radical (unpaired) electrons. The Labute approximate surface area is 174 Å². The van der Waals surface area contributed by atoms with E-state index >= 15 is 0 Å². The number of hydrogen-bond donors (Lipinski definition) is 0. The summed E-state index contributed by atoms with van der Waals surface area (Å²) in [5.74, 6) is 0. The van der Waals surface area contributed by atoms with Gasteiger partial charge in [0.2, 0.25) is 0 Å². The molecule has 0 atom stereocenters. The van der Waals surface area contributed by atoms with Crippen LogP contribution in [-0.4, -0.2) is 99.7 Å². The van der Waals surface area contributed by atoms with Gasteiger partial charge >= 0.3 is 0 Å². The molecule has 0 aliphatic carbocycles. The molecule has 1 aromatic carbocycles. The SMILES string of the molecule is COCCOCCOCCN(CCOCCOCCOC)c1ccc(C=O)cc1. The minimum atomic E-state index is 0.539. The number of rotatable bonds is 20. The summed E-state index contributed by atoms with van der Waals surface area (Å²) >= 11 is 0. The Morgan fingerprint density at radius 3 is 1.48 bits per heavy atom. The van der Waals surface area contributed by atoms with Crippen LogP contribution in [0, 0.1) is 0 Å². The number of anilines is 1. The molecule has 0 saturated carbocycles. The lowest BCUT2D eigenvalue weighted by atomic mass is 10.2. The lowest BCUT2D eigenvalue weighted by Gasteiger charge is -2.25. The van der Waals surface area contributed by atoms with E-state index in [9.17, 15) is 4.79 Å². The summed E-state index contributed by atoms with van der Waals surface area (Å²) in [6, 6.07) is 7.49. The van der Waals surface area contributed by atoms with Crippen LogP contribution < -0.4 is 4.90 Å². The molecule has 0 unspecified atom stereocenters. The standard InChI is InChI=1S/C21H35NO7/c1-24-11-13-28-17-15-26-9-7-22(21-5-3-20(19-23)4-6-21)8-10-27-16-18-29-14-12-25-2/h3-6,19H,7-18H2,1-2H3. The zero-order valence-electron chi connectivity index (χ0n) is 17.7. The zero-order valence-corrected chi connectivity index (χ0v) is 17.7. The highest BCUT2D eigenvalue weighted by atomic mass is 16.5. The molecule has 0 spiro atoms. The molecule has 0 heterocycles. The van der Waals surface area contributed by atoms with Crippen LogP contribution >= 0.6 is 0 Å². The van der Waals surface area contributed by atoms with E-state index in [0.29, 0.717) is 84.7 Å². The van der Waals surface area contributed by atoms with E-state index in [1.807, 2.05) is 24.3 Å². The highest BCUT2D eigenvalue weighted by Gasteiger charge is 2.07. The molecule has 8 heteroatoms. The molecule has 0 aromatic heterocycles. The molecule has 0 fully saturated rings. The number of nitrogens with zero attached hydrogens (tertiary/aromatic N) is 1. The zero-order chi connectivity index (χ0) is 21.0. The van der Waals surface area contributed by atoms with Gasteiger partial charge in [-0.3, -0.25) is 4.79 Å². The van der Waals surface area contributed by atoms with Crippen LogP contribution in [0.3, 0.4) is 0 Å². The van der Waals surface area contributed by atoms with Gasteiger partial charge < -0.3 is 33.3 Å². The summed E-state index contributed by atoms with van der Waals surface area (Å²) in [7, 11) is 3.29. The number of ether oxygens (including phenoxy) is 6. The molecule has 1 aromatic rings. The van der Waals surface area contributed by atoms with E-state index in [1.165, 1.54) is 0 Å². The van der Waals surface area contributed by atoms with Crippen molar-refractivity contribution in [3.05, 3.63) is 29.8 Å². The fourth-order valence-electron chi connectivity index (χ4n) is 2.41. The third-order valence-electron chi connectivity index (χ3n) is 4.01. The summed E-state index contributed by atoms with van der Waals surface area (Å²) in [5, 5.41) is 0. The first-order valence-corrected chi connectivity index (χ1v) is 9.91. The molecule has 0 saturated heterocycles. The Morgan fingerprint density at radius 1 is 0.655 bits per heavy atom. The Kier molecular flexibility index (Phi) is 16.2. The number of carbonyl (C=O) groups is 1. The van der Waals surface area contributed by atoms with Crippen molar-refractivity contribution in [1.29, 1.82) is 0 Å². The van der Waals surface area contributed by atoms with Crippen molar-refractivity contribution in [2.75, 3.05) is 98.3 Å². The Bertz CT molecular complexity index is 478. The van der Waals surface area contributed by atoms with Crippen molar-refractivity contribution in [3.63, 3.8) is 0 Å². The summed E-state index contributed by atoms with van der Waals surface area (Å²) < 4.78 is 31.9. The Morgan fingerprint density at radius 2 is 1.07 bits per heavy atom. The van der Waals surface area contributed by atoms with E-state index in [2.05, 4.69) is 4.90 Å². The minimum absolute atomic E-state index is 0.539. The van der Waals surface area contributed by atoms with Crippen LogP contribution in [0.4, 0.5) is 5.69 Å². The maximum Gasteiger partial charge on any atom is 0.150 e. The maximum atomic E-state index is 10.9. The van der Waals surface area contributed by atoms with E-state index in [1.54, 1.807) is 14.2 Å². The van der Waals surface area contributed by atoms with Gasteiger partial charge in [0.25, 0.3) is 0 Å². The predicted octanol–water partition coefficient (Wildman–Crippen LogP) is 1.66. The van der Waals surface area contributed by atoms with Crippen molar-refractivity contribution in [1.82, 2.24) is 0 Å². The quantitative estimate of drug-likeness (QED) is 0.236. The summed E-state index contributed by atoms with van der Waals surface area (Å²) in [6.07, 6.45) is 0.841. The van der Waals surface area contributed by atoms with E-state index in [-0.39, 0.29) is 0 Å². The van der Waals surface area contributed by atoms with Gasteiger partial charge in [-0.15, -0.1) is 0 Å². The van der Waals surface area contributed by atoms with Gasteiger partial charge in [-0.2, -0.15) is 0 Å². The topological polar surface area (TPSA) is 75.7 Å². The van der Waals surface area contributed by atoms with Gasteiger partial charge in [-0.1, -0.05) is 0 Å². The summed E-state index contributed by atoms with van der Waals surface area (Å²) in [5.41, 5.74) is 1.68. The Balaban J connectivity index is 2.30.